The molecule has 1 rings (SSSR count). The number of carbonyl (C=O) groups is 2. The smallest absolute Gasteiger partial charge is 0.347 e. The summed E-state index contributed by atoms with van der Waals surface area (Å²) >= 11 is 1.11. The van der Waals surface area contributed by atoms with E-state index in [1.54, 1.807) is 6.92 Å². The van der Waals surface area contributed by atoms with Gasteiger partial charge in [-0.25, -0.2) is 9.78 Å². The van der Waals surface area contributed by atoms with Crippen molar-refractivity contribution >= 4 is 23.2 Å². The van der Waals surface area contributed by atoms with E-state index in [1.165, 1.54) is 0 Å². The summed E-state index contributed by atoms with van der Waals surface area (Å²) in [5.74, 6) is -1.03. The molecule has 1 amide bonds. The fourth-order valence-electron chi connectivity index (χ4n) is 1.42. The lowest BCUT2D eigenvalue weighted by atomic mass is 9.89. The van der Waals surface area contributed by atoms with E-state index in [2.05, 4.69) is 10.3 Å². The van der Waals surface area contributed by atoms with E-state index in [4.69, 9.17) is 5.11 Å². The number of rotatable bonds is 5. The maximum absolute atomic E-state index is 12.1. The Labute approximate surface area is 117 Å². The van der Waals surface area contributed by atoms with Gasteiger partial charge in [0, 0.05) is 5.41 Å². The summed E-state index contributed by atoms with van der Waals surface area (Å²) < 4.78 is 0. The van der Waals surface area contributed by atoms with Crippen LogP contribution in [0.15, 0.2) is 0 Å². The third kappa shape index (κ3) is 3.53. The van der Waals surface area contributed by atoms with Gasteiger partial charge in [0.15, 0.2) is 0 Å². The summed E-state index contributed by atoms with van der Waals surface area (Å²) in [5.41, 5.74) is 0.0549. The zero-order valence-corrected chi connectivity index (χ0v) is 12.7. The molecule has 106 valence electrons. The summed E-state index contributed by atoms with van der Waals surface area (Å²) in [6, 6.07) is -0.282. The number of aryl methyl sites for hydroxylation is 1. The molecule has 0 radical (unpaired) electrons. The molecule has 1 heterocycles. The number of aromatic nitrogens is 1. The summed E-state index contributed by atoms with van der Waals surface area (Å²) in [6.45, 7) is 9.19. The molecule has 5 nitrogen and oxygen atoms in total. The minimum absolute atomic E-state index is 0.0489. The molecule has 0 aliphatic rings. The topological polar surface area (TPSA) is 79.3 Å². The van der Waals surface area contributed by atoms with Gasteiger partial charge in [-0.05, 0) is 20.3 Å². The molecular formula is C13H20N2O3S. The molecule has 6 heteroatoms. The molecule has 0 bridgehead atoms. The molecule has 1 aromatic rings. The van der Waals surface area contributed by atoms with E-state index in [-0.39, 0.29) is 16.8 Å². The monoisotopic (exact) mass is 284 g/mol. The van der Waals surface area contributed by atoms with Gasteiger partial charge in [-0.1, -0.05) is 20.8 Å². The molecule has 1 atom stereocenters. The number of nitrogens with one attached hydrogen (secondary N) is 1. The van der Waals surface area contributed by atoms with Crippen LogP contribution in [0, 0.1) is 12.3 Å². The van der Waals surface area contributed by atoms with Crippen molar-refractivity contribution in [2.45, 2.75) is 47.1 Å². The van der Waals surface area contributed by atoms with E-state index in [0.717, 1.165) is 17.8 Å². The molecule has 0 fully saturated rings. The highest BCUT2D eigenvalue weighted by Gasteiger charge is 2.27. The second-order valence-corrected chi connectivity index (χ2v) is 6.24. The van der Waals surface area contributed by atoms with Crippen molar-refractivity contribution in [2.75, 3.05) is 0 Å². The zero-order chi connectivity index (χ0) is 14.8. The molecule has 2 N–H and O–H groups in total. The Bertz CT molecular complexity index is 494. The van der Waals surface area contributed by atoms with Gasteiger partial charge in [0.1, 0.15) is 9.88 Å². The van der Waals surface area contributed by atoms with E-state index in [9.17, 15) is 9.59 Å². The fraction of sp³-hybridized carbons (Fsp3) is 0.615. The minimum Gasteiger partial charge on any atom is -0.477 e. The second-order valence-electron chi connectivity index (χ2n) is 5.20. The van der Waals surface area contributed by atoms with Crippen molar-refractivity contribution < 1.29 is 14.7 Å². The van der Waals surface area contributed by atoms with Gasteiger partial charge < -0.3 is 10.4 Å². The number of hydrogen-bond acceptors (Lipinski definition) is 4. The first-order valence-corrected chi connectivity index (χ1v) is 7.02. The molecule has 0 aliphatic carbocycles. The molecule has 0 aliphatic heterocycles. The SMILES string of the molecule is CCC(C)(C)C(=O)NC(C)c1nc(C)c(C(=O)O)s1. The third-order valence-corrected chi connectivity index (χ3v) is 4.55. The molecule has 0 spiro atoms. The maximum atomic E-state index is 12.1. The molecule has 1 aromatic heterocycles. The van der Waals surface area contributed by atoms with Crippen LogP contribution in [-0.4, -0.2) is 22.0 Å². The summed E-state index contributed by atoms with van der Waals surface area (Å²) in [5, 5.41) is 12.5. The Balaban J connectivity index is 2.85. The second kappa shape index (κ2) is 5.69. The first-order chi connectivity index (χ1) is 8.69. The number of thiazole rings is 1. The van der Waals surface area contributed by atoms with Crippen molar-refractivity contribution in [1.29, 1.82) is 0 Å². The van der Waals surface area contributed by atoms with Crippen molar-refractivity contribution in [1.82, 2.24) is 10.3 Å². The quantitative estimate of drug-likeness (QED) is 0.871. The van der Waals surface area contributed by atoms with E-state index < -0.39 is 11.4 Å². The van der Waals surface area contributed by atoms with E-state index in [0.29, 0.717) is 10.7 Å². The Morgan fingerprint density at radius 2 is 2.05 bits per heavy atom. The minimum atomic E-state index is -0.978. The van der Waals surface area contributed by atoms with E-state index in [1.807, 2.05) is 27.7 Å². The highest BCUT2D eigenvalue weighted by atomic mass is 32.1. The average molecular weight is 284 g/mol. The number of carboxylic acid groups (broad SMARTS) is 1. The average Bonchev–Trinajstić information content (AvgIpc) is 2.71. The van der Waals surface area contributed by atoms with Crippen LogP contribution in [0.1, 0.15) is 60.5 Å². The van der Waals surface area contributed by atoms with Gasteiger partial charge in [0.2, 0.25) is 5.91 Å². The van der Waals surface area contributed by atoms with Crippen molar-refractivity contribution in [3.05, 3.63) is 15.6 Å². The molecule has 1 unspecified atom stereocenters. The van der Waals surface area contributed by atoms with Crippen LogP contribution >= 0.6 is 11.3 Å². The summed E-state index contributed by atoms with van der Waals surface area (Å²) in [6.07, 6.45) is 0.739. The molecule has 0 saturated heterocycles. The zero-order valence-electron chi connectivity index (χ0n) is 11.9. The summed E-state index contributed by atoms with van der Waals surface area (Å²) in [4.78, 5) is 27.5. The number of aromatic carboxylic acids is 1. The first kappa shape index (κ1) is 15.6. The van der Waals surface area contributed by atoms with Crippen LogP contribution in [0.4, 0.5) is 0 Å². The Morgan fingerprint density at radius 3 is 2.47 bits per heavy atom. The lowest BCUT2D eigenvalue weighted by Crippen LogP contribution is -2.37. The molecule has 0 aromatic carbocycles. The number of hydrogen-bond donors (Lipinski definition) is 2. The van der Waals surface area contributed by atoms with E-state index >= 15 is 0 Å². The van der Waals surface area contributed by atoms with Gasteiger partial charge in [0.05, 0.1) is 11.7 Å². The predicted molar refractivity (Wildman–Crippen MR) is 74.4 cm³/mol. The number of nitrogens with zero attached hydrogens (tertiary/aromatic N) is 1. The van der Waals surface area contributed by atoms with Gasteiger partial charge in [-0.3, -0.25) is 4.79 Å². The summed E-state index contributed by atoms with van der Waals surface area (Å²) in [7, 11) is 0. The lowest BCUT2D eigenvalue weighted by Gasteiger charge is -2.23. The third-order valence-electron chi connectivity index (χ3n) is 3.22. The Kier molecular flexibility index (Phi) is 4.68. The van der Waals surface area contributed by atoms with Crippen LogP contribution in [0.25, 0.3) is 0 Å². The van der Waals surface area contributed by atoms with Gasteiger partial charge in [0.25, 0.3) is 0 Å². The highest BCUT2D eigenvalue weighted by molar-refractivity contribution is 7.13. The number of carboxylic acids is 1. The molecular weight excluding hydrogens is 264 g/mol. The van der Waals surface area contributed by atoms with Crippen molar-refractivity contribution in [3.8, 4) is 0 Å². The highest BCUT2D eigenvalue weighted by Crippen LogP contribution is 2.26. The van der Waals surface area contributed by atoms with Gasteiger partial charge in [-0.2, -0.15) is 0 Å². The number of carbonyl (C=O) groups excluding carboxylic acids is 1. The number of amides is 1. The largest absolute Gasteiger partial charge is 0.477 e. The molecule has 0 saturated carbocycles. The fourth-order valence-corrected chi connectivity index (χ4v) is 2.32. The first-order valence-electron chi connectivity index (χ1n) is 6.20. The predicted octanol–water partition coefficient (Wildman–Crippen LogP) is 2.76. The van der Waals surface area contributed by atoms with Crippen LogP contribution in [-0.2, 0) is 4.79 Å². The van der Waals surface area contributed by atoms with Crippen molar-refractivity contribution in [2.24, 2.45) is 5.41 Å². The van der Waals surface area contributed by atoms with Gasteiger partial charge >= 0.3 is 5.97 Å². The van der Waals surface area contributed by atoms with Crippen LogP contribution in [0.5, 0.6) is 0 Å². The molecule has 19 heavy (non-hydrogen) atoms. The van der Waals surface area contributed by atoms with Crippen LogP contribution in [0.3, 0.4) is 0 Å². The van der Waals surface area contributed by atoms with Crippen LogP contribution in [0.2, 0.25) is 0 Å². The Hall–Kier alpha value is -1.43. The standard InChI is InChI=1S/C13H20N2O3S/c1-6-13(4,5)12(18)15-8(3)10-14-7(2)9(19-10)11(16)17/h8H,6H2,1-5H3,(H,15,18)(H,16,17). The van der Waals surface area contributed by atoms with Crippen LogP contribution < -0.4 is 5.32 Å². The van der Waals surface area contributed by atoms with Gasteiger partial charge in [-0.15, -0.1) is 11.3 Å². The van der Waals surface area contributed by atoms with Crippen molar-refractivity contribution in [3.63, 3.8) is 0 Å². The Morgan fingerprint density at radius 1 is 1.47 bits per heavy atom. The maximum Gasteiger partial charge on any atom is 0.347 e. The lowest BCUT2D eigenvalue weighted by molar-refractivity contribution is -0.130. The normalized spacial score (nSPS) is 13.1.